The van der Waals surface area contributed by atoms with Crippen molar-refractivity contribution < 1.29 is 4.85 Å². The predicted molar refractivity (Wildman–Crippen MR) is 66.8 cm³/mol. The zero-order valence-corrected chi connectivity index (χ0v) is 10.0. The van der Waals surface area contributed by atoms with Crippen LogP contribution in [-0.4, -0.2) is 21.1 Å². The van der Waals surface area contributed by atoms with Crippen molar-refractivity contribution in [2.75, 3.05) is 5.32 Å². The number of nitrogens with zero attached hydrogens (tertiary/aromatic N) is 4. The van der Waals surface area contributed by atoms with Crippen molar-refractivity contribution in [1.29, 1.82) is 0 Å². The van der Waals surface area contributed by atoms with Gasteiger partial charge in [-0.15, -0.1) is 0 Å². The number of hydrogen-bond acceptors (Lipinski definition) is 5. The molecule has 18 heavy (non-hydrogen) atoms. The van der Waals surface area contributed by atoms with E-state index >= 15 is 0 Å². The Morgan fingerprint density at radius 1 is 1.28 bits per heavy atom. The van der Waals surface area contributed by atoms with Crippen LogP contribution < -0.4 is 10.2 Å². The Bertz CT molecular complexity index is 553. The summed E-state index contributed by atoms with van der Waals surface area (Å²) in [5.41, 5.74) is 0.826. The molecule has 2 aromatic rings. The molecule has 0 amide bonds. The molecule has 0 bridgehead atoms. The fraction of sp³-hybridized carbons (Fsp3) is 0.500. The molecule has 0 saturated heterocycles. The molecule has 1 fully saturated rings. The average Bonchev–Trinajstić information content (AvgIpc) is 2.40. The van der Waals surface area contributed by atoms with Crippen LogP contribution >= 0.6 is 0 Å². The fourth-order valence-electron chi connectivity index (χ4n) is 2.38. The third-order valence-electron chi connectivity index (χ3n) is 3.31. The maximum atomic E-state index is 11.7. The van der Waals surface area contributed by atoms with Gasteiger partial charge in [-0.2, -0.15) is 4.98 Å². The van der Waals surface area contributed by atoms with Crippen molar-refractivity contribution in [2.24, 2.45) is 0 Å². The summed E-state index contributed by atoms with van der Waals surface area (Å²) in [6.07, 6.45) is 7.59. The molecule has 0 aromatic carbocycles. The third kappa shape index (κ3) is 2.18. The average molecular weight is 245 g/mol. The van der Waals surface area contributed by atoms with Crippen molar-refractivity contribution in [2.45, 2.75) is 38.1 Å². The minimum Gasteiger partial charge on any atom is -0.594 e. The van der Waals surface area contributed by atoms with Crippen LogP contribution in [0, 0.1) is 5.21 Å². The van der Waals surface area contributed by atoms with Gasteiger partial charge >= 0.3 is 0 Å². The van der Waals surface area contributed by atoms with E-state index in [-0.39, 0.29) is 0 Å². The highest BCUT2D eigenvalue weighted by atomic mass is 16.5. The first kappa shape index (κ1) is 11.1. The Morgan fingerprint density at radius 3 is 2.94 bits per heavy atom. The lowest BCUT2D eigenvalue weighted by Crippen LogP contribution is -2.35. The van der Waals surface area contributed by atoms with E-state index in [0.717, 1.165) is 12.8 Å². The van der Waals surface area contributed by atoms with E-state index in [2.05, 4.69) is 20.4 Å². The van der Waals surface area contributed by atoms with E-state index in [9.17, 15) is 5.21 Å². The Kier molecular flexibility index (Phi) is 2.92. The predicted octanol–water partition coefficient (Wildman–Crippen LogP) is 1.40. The SMILES string of the molecule is [O-][n+]1nc(NC2CCCCC2)nc2ncccc21. The first-order valence-electron chi connectivity index (χ1n) is 6.32. The number of aromatic nitrogens is 4. The third-order valence-corrected chi connectivity index (χ3v) is 3.31. The summed E-state index contributed by atoms with van der Waals surface area (Å²) in [7, 11) is 0. The molecule has 1 aliphatic carbocycles. The van der Waals surface area contributed by atoms with Gasteiger partial charge in [-0.3, -0.25) is 0 Å². The van der Waals surface area contributed by atoms with Gasteiger partial charge in [0.1, 0.15) is 0 Å². The summed E-state index contributed by atoms with van der Waals surface area (Å²) < 4.78 is 0. The molecule has 1 aliphatic rings. The van der Waals surface area contributed by atoms with Crippen LogP contribution in [0.3, 0.4) is 0 Å². The van der Waals surface area contributed by atoms with Gasteiger partial charge in [0, 0.05) is 18.3 Å². The molecule has 6 nitrogen and oxygen atoms in total. The number of hydrogen-bond donors (Lipinski definition) is 1. The molecule has 0 atom stereocenters. The van der Waals surface area contributed by atoms with Crippen molar-refractivity contribution in [1.82, 2.24) is 15.1 Å². The van der Waals surface area contributed by atoms with E-state index in [4.69, 9.17) is 0 Å². The molecule has 94 valence electrons. The van der Waals surface area contributed by atoms with Gasteiger partial charge in [-0.25, -0.2) is 4.98 Å². The Morgan fingerprint density at radius 2 is 2.11 bits per heavy atom. The molecular formula is C12H15N5O. The number of anilines is 1. The lowest BCUT2D eigenvalue weighted by molar-refractivity contribution is -0.641. The van der Waals surface area contributed by atoms with Crippen molar-refractivity contribution >= 4 is 17.1 Å². The second kappa shape index (κ2) is 4.72. The van der Waals surface area contributed by atoms with Gasteiger partial charge in [0.05, 0.1) is 5.10 Å². The summed E-state index contributed by atoms with van der Waals surface area (Å²) in [4.78, 5) is 8.94. The number of rotatable bonds is 2. The van der Waals surface area contributed by atoms with Crippen LogP contribution in [-0.2, 0) is 0 Å². The van der Waals surface area contributed by atoms with E-state index in [1.807, 2.05) is 0 Å². The number of fused-ring (bicyclic) bond motifs is 1. The molecule has 3 rings (SSSR count). The second-order valence-corrected chi connectivity index (χ2v) is 4.63. The molecule has 1 N–H and O–H groups in total. The zero-order valence-electron chi connectivity index (χ0n) is 10.0. The molecule has 6 heteroatoms. The van der Waals surface area contributed by atoms with Gasteiger partial charge in [0.25, 0.3) is 11.5 Å². The maximum absolute atomic E-state index is 11.7. The van der Waals surface area contributed by atoms with Crippen molar-refractivity contribution in [3.63, 3.8) is 0 Å². The topological polar surface area (TPSA) is 77.6 Å². The molecule has 0 spiro atoms. The van der Waals surface area contributed by atoms with Gasteiger partial charge in [0.2, 0.25) is 5.65 Å². The van der Waals surface area contributed by atoms with Gasteiger partial charge in [-0.1, -0.05) is 19.3 Å². The fourth-order valence-corrected chi connectivity index (χ4v) is 2.38. The van der Waals surface area contributed by atoms with Crippen LogP contribution in [0.2, 0.25) is 0 Å². The van der Waals surface area contributed by atoms with Crippen LogP contribution in [0.25, 0.3) is 11.2 Å². The quantitative estimate of drug-likeness (QED) is 0.639. The lowest BCUT2D eigenvalue weighted by Gasteiger charge is -2.21. The van der Waals surface area contributed by atoms with Crippen LogP contribution in [0.4, 0.5) is 5.95 Å². The van der Waals surface area contributed by atoms with Crippen molar-refractivity contribution in [3.8, 4) is 0 Å². The smallest absolute Gasteiger partial charge is 0.292 e. The Balaban J connectivity index is 1.87. The van der Waals surface area contributed by atoms with E-state index in [1.165, 1.54) is 19.3 Å². The molecule has 2 aromatic heterocycles. The molecule has 0 aliphatic heterocycles. The Labute approximate surface area is 105 Å². The van der Waals surface area contributed by atoms with Gasteiger partial charge < -0.3 is 10.5 Å². The van der Waals surface area contributed by atoms with Crippen molar-refractivity contribution in [3.05, 3.63) is 23.5 Å². The summed E-state index contributed by atoms with van der Waals surface area (Å²) in [5, 5.41) is 18.9. The van der Waals surface area contributed by atoms with E-state index in [0.29, 0.717) is 28.0 Å². The summed E-state index contributed by atoms with van der Waals surface area (Å²) >= 11 is 0. The summed E-state index contributed by atoms with van der Waals surface area (Å²) in [6, 6.07) is 3.74. The van der Waals surface area contributed by atoms with Crippen LogP contribution in [0.5, 0.6) is 0 Å². The Hall–Kier alpha value is -1.98. The minimum absolute atomic E-state index is 0.375. The van der Waals surface area contributed by atoms with Gasteiger partial charge in [0.15, 0.2) is 0 Å². The highest BCUT2D eigenvalue weighted by molar-refractivity contribution is 5.65. The lowest BCUT2D eigenvalue weighted by atomic mass is 9.96. The highest BCUT2D eigenvalue weighted by Crippen LogP contribution is 2.20. The number of nitrogens with one attached hydrogen (secondary N) is 1. The minimum atomic E-state index is 0.375. The largest absolute Gasteiger partial charge is 0.594 e. The second-order valence-electron chi connectivity index (χ2n) is 4.63. The molecular weight excluding hydrogens is 230 g/mol. The first-order valence-corrected chi connectivity index (χ1v) is 6.32. The highest BCUT2D eigenvalue weighted by Gasteiger charge is 2.17. The first-order chi connectivity index (χ1) is 8.83. The molecule has 2 heterocycles. The normalized spacial score (nSPS) is 16.9. The zero-order chi connectivity index (χ0) is 12.4. The van der Waals surface area contributed by atoms with E-state index < -0.39 is 0 Å². The maximum Gasteiger partial charge on any atom is 0.292 e. The molecule has 0 radical (unpaired) electrons. The summed E-state index contributed by atoms with van der Waals surface area (Å²) in [5.74, 6) is 0.378. The van der Waals surface area contributed by atoms with Gasteiger partial charge in [-0.05, 0) is 23.8 Å². The molecule has 1 saturated carbocycles. The monoisotopic (exact) mass is 245 g/mol. The summed E-state index contributed by atoms with van der Waals surface area (Å²) in [6.45, 7) is 0. The standard InChI is InChI=1S/C12H15N5O/c18-17-10-7-4-8-13-11(10)15-12(16-17)14-9-5-2-1-3-6-9/h4,7-9H,1-3,5-6H2,(H,13,14,15,16). The van der Waals surface area contributed by atoms with Crippen LogP contribution in [0.1, 0.15) is 32.1 Å². The number of pyridine rings is 1. The molecule has 0 unspecified atom stereocenters. The van der Waals surface area contributed by atoms with E-state index in [1.54, 1.807) is 18.3 Å². The van der Waals surface area contributed by atoms with Crippen LogP contribution in [0.15, 0.2) is 18.3 Å².